The predicted octanol–water partition coefficient (Wildman–Crippen LogP) is 4.78. The second-order valence-corrected chi connectivity index (χ2v) is 7.72. The van der Waals surface area contributed by atoms with Crippen molar-refractivity contribution in [2.24, 2.45) is 0 Å². The topological polar surface area (TPSA) is 42.0 Å². The Balaban J connectivity index is 1.90. The molecule has 0 spiro atoms. The van der Waals surface area contributed by atoms with Gasteiger partial charge in [-0.2, -0.15) is 0 Å². The van der Waals surface area contributed by atoms with Gasteiger partial charge in [0.1, 0.15) is 0 Å². The smallest absolute Gasteiger partial charge is 0.258 e. The molecule has 4 heterocycles. The first-order valence-electron chi connectivity index (χ1n) is 7.03. The van der Waals surface area contributed by atoms with Crippen LogP contribution in [0.1, 0.15) is 27.4 Å². The molecule has 0 saturated heterocycles. The molecule has 5 heteroatoms. The number of rotatable bonds is 1. The number of carbonyl (C=O) groups excluding carboxylic acids is 1. The van der Waals surface area contributed by atoms with Crippen LogP contribution in [-0.2, 0) is 4.79 Å². The van der Waals surface area contributed by atoms with Crippen LogP contribution < -0.4 is 5.32 Å². The molecule has 1 aliphatic heterocycles. The van der Waals surface area contributed by atoms with E-state index in [0.29, 0.717) is 5.57 Å². The quantitative estimate of drug-likeness (QED) is 0.654. The van der Waals surface area contributed by atoms with Crippen molar-refractivity contribution in [2.75, 3.05) is 5.32 Å². The average molecular weight is 326 g/mol. The van der Waals surface area contributed by atoms with Crippen LogP contribution in [0.15, 0.2) is 17.5 Å². The summed E-state index contributed by atoms with van der Waals surface area (Å²) in [4.78, 5) is 17.9. The fourth-order valence-electron chi connectivity index (χ4n) is 2.81. The van der Waals surface area contributed by atoms with E-state index in [0.717, 1.165) is 22.0 Å². The number of aryl methyl sites for hydroxylation is 3. The molecule has 0 atom stereocenters. The molecule has 22 heavy (non-hydrogen) atoms. The Kier molecular flexibility index (Phi) is 2.96. The lowest BCUT2D eigenvalue weighted by atomic mass is 10.1. The number of hydrogen-bond donors (Lipinski definition) is 1. The first-order chi connectivity index (χ1) is 10.5. The highest BCUT2D eigenvalue weighted by Gasteiger charge is 2.26. The Morgan fingerprint density at radius 1 is 1.23 bits per heavy atom. The lowest BCUT2D eigenvalue weighted by Crippen LogP contribution is -2.03. The zero-order valence-corrected chi connectivity index (χ0v) is 14.1. The van der Waals surface area contributed by atoms with Gasteiger partial charge in [0.2, 0.25) is 0 Å². The van der Waals surface area contributed by atoms with E-state index in [9.17, 15) is 4.79 Å². The number of hydrogen-bond acceptors (Lipinski definition) is 4. The van der Waals surface area contributed by atoms with E-state index in [1.54, 1.807) is 22.7 Å². The van der Waals surface area contributed by atoms with E-state index in [4.69, 9.17) is 0 Å². The molecule has 3 nitrogen and oxygen atoms in total. The molecule has 110 valence electrons. The van der Waals surface area contributed by atoms with Crippen LogP contribution in [0.25, 0.3) is 21.0 Å². The van der Waals surface area contributed by atoms with E-state index in [2.05, 4.69) is 29.5 Å². The second kappa shape index (κ2) is 4.76. The van der Waals surface area contributed by atoms with Crippen molar-refractivity contribution in [2.45, 2.75) is 20.8 Å². The summed E-state index contributed by atoms with van der Waals surface area (Å²) in [7, 11) is 0. The summed E-state index contributed by atoms with van der Waals surface area (Å²) in [6.45, 7) is 6.21. The monoisotopic (exact) mass is 326 g/mol. The molecule has 0 unspecified atom stereocenters. The van der Waals surface area contributed by atoms with Gasteiger partial charge in [-0.3, -0.25) is 9.78 Å². The van der Waals surface area contributed by atoms with Gasteiger partial charge in [-0.1, -0.05) is 0 Å². The molecule has 0 aromatic carbocycles. The number of fused-ring (bicyclic) bond motifs is 2. The summed E-state index contributed by atoms with van der Waals surface area (Å²) in [6, 6.07) is 3.83. The van der Waals surface area contributed by atoms with Crippen molar-refractivity contribution < 1.29 is 4.79 Å². The molecule has 1 amide bonds. The summed E-state index contributed by atoms with van der Waals surface area (Å²) < 4.78 is 1.32. The predicted molar refractivity (Wildman–Crippen MR) is 94.7 cm³/mol. The Morgan fingerprint density at radius 2 is 2.05 bits per heavy atom. The molecule has 0 saturated carbocycles. The second-order valence-electron chi connectivity index (χ2n) is 5.53. The number of pyridine rings is 1. The van der Waals surface area contributed by atoms with E-state index in [1.807, 2.05) is 25.1 Å². The van der Waals surface area contributed by atoms with Crippen LogP contribution in [0, 0.1) is 20.8 Å². The van der Waals surface area contributed by atoms with Crippen molar-refractivity contribution in [3.63, 3.8) is 0 Å². The van der Waals surface area contributed by atoms with Crippen molar-refractivity contribution in [3.8, 4) is 0 Å². The van der Waals surface area contributed by atoms with Crippen LogP contribution in [0.3, 0.4) is 0 Å². The van der Waals surface area contributed by atoms with Gasteiger partial charge < -0.3 is 5.32 Å². The van der Waals surface area contributed by atoms with Crippen molar-refractivity contribution in [1.82, 2.24) is 4.98 Å². The van der Waals surface area contributed by atoms with Gasteiger partial charge in [-0.05, 0) is 55.5 Å². The van der Waals surface area contributed by atoms with Gasteiger partial charge in [-0.15, -0.1) is 22.7 Å². The summed E-state index contributed by atoms with van der Waals surface area (Å²) in [5.41, 5.74) is 5.70. The summed E-state index contributed by atoms with van der Waals surface area (Å²) in [6.07, 6.45) is 1.99. The zero-order valence-electron chi connectivity index (χ0n) is 12.5. The lowest BCUT2D eigenvalue weighted by Gasteiger charge is -1.99. The zero-order chi connectivity index (χ0) is 15.4. The van der Waals surface area contributed by atoms with Crippen LogP contribution in [0.4, 0.5) is 5.69 Å². The first-order valence-corrected chi connectivity index (χ1v) is 8.72. The standard InChI is InChI=1S/C17H14N2OS2/c1-8-7-21-17-14(8)10(3)13(22-17)6-11-15-12(19-16(11)20)5-4-9(2)18-15/h4-7H,1-3H3,(H,19,20). The van der Waals surface area contributed by atoms with Gasteiger partial charge in [0.15, 0.2) is 0 Å². The normalized spacial score (nSPS) is 15.6. The largest absolute Gasteiger partial charge is 0.320 e. The molecule has 0 radical (unpaired) electrons. The van der Waals surface area contributed by atoms with Gasteiger partial charge in [0.25, 0.3) is 5.91 Å². The van der Waals surface area contributed by atoms with Crippen LogP contribution in [0.5, 0.6) is 0 Å². The Hall–Kier alpha value is -1.98. The fraction of sp³-hybridized carbons (Fsp3) is 0.176. The summed E-state index contributed by atoms with van der Waals surface area (Å²) in [5.74, 6) is -0.0685. The number of aromatic nitrogens is 1. The minimum Gasteiger partial charge on any atom is -0.320 e. The SMILES string of the molecule is Cc1ccc2c(n1)C(=Cc1sc3scc(C)c3c1C)C(=O)N2. The molecule has 3 aromatic heterocycles. The Bertz CT molecular complexity index is 963. The Labute approximate surface area is 136 Å². The maximum Gasteiger partial charge on any atom is 0.258 e. The highest BCUT2D eigenvalue weighted by atomic mass is 32.2. The molecule has 0 bridgehead atoms. The number of nitrogens with zero attached hydrogens (tertiary/aromatic N) is 1. The van der Waals surface area contributed by atoms with Crippen molar-refractivity contribution in [1.29, 1.82) is 0 Å². The molecule has 4 rings (SSSR count). The molecular weight excluding hydrogens is 312 g/mol. The maximum atomic E-state index is 12.3. The average Bonchev–Trinajstić information content (AvgIpc) is 3.09. The summed E-state index contributed by atoms with van der Waals surface area (Å²) >= 11 is 3.52. The molecule has 0 fully saturated rings. The molecule has 3 aromatic rings. The van der Waals surface area contributed by atoms with Gasteiger partial charge in [-0.25, -0.2) is 0 Å². The lowest BCUT2D eigenvalue weighted by molar-refractivity contribution is -0.110. The van der Waals surface area contributed by atoms with Gasteiger partial charge >= 0.3 is 0 Å². The third-order valence-electron chi connectivity index (χ3n) is 3.95. The number of anilines is 1. The minimum absolute atomic E-state index is 0.0685. The van der Waals surface area contributed by atoms with Crippen molar-refractivity contribution >= 4 is 55.3 Å². The molecule has 0 aliphatic carbocycles. The number of thiophene rings is 2. The summed E-state index contributed by atoms with van der Waals surface area (Å²) in [5, 5.41) is 6.41. The number of carbonyl (C=O) groups is 1. The number of nitrogens with one attached hydrogen (secondary N) is 1. The maximum absolute atomic E-state index is 12.3. The minimum atomic E-state index is -0.0685. The highest BCUT2D eigenvalue weighted by Crippen LogP contribution is 2.40. The van der Waals surface area contributed by atoms with Crippen LogP contribution >= 0.6 is 22.7 Å². The van der Waals surface area contributed by atoms with E-state index >= 15 is 0 Å². The van der Waals surface area contributed by atoms with E-state index < -0.39 is 0 Å². The first kappa shape index (κ1) is 13.7. The third kappa shape index (κ3) is 1.93. The molecule has 1 aliphatic rings. The third-order valence-corrected chi connectivity index (χ3v) is 6.41. The molecular formula is C17H14N2OS2. The van der Waals surface area contributed by atoms with Crippen LogP contribution in [-0.4, -0.2) is 10.9 Å². The van der Waals surface area contributed by atoms with E-state index in [1.165, 1.54) is 20.5 Å². The fourth-order valence-corrected chi connectivity index (χ4v) is 5.29. The molecule has 1 N–H and O–H groups in total. The van der Waals surface area contributed by atoms with E-state index in [-0.39, 0.29) is 5.91 Å². The van der Waals surface area contributed by atoms with Crippen molar-refractivity contribution in [3.05, 3.63) is 44.9 Å². The highest BCUT2D eigenvalue weighted by molar-refractivity contribution is 7.38. The van der Waals surface area contributed by atoms with Crippen LogP contribution in [0.2, 0.25) is 0 Å². The van der Waals surface area contributed by atoms with Gasteiger partial charge in [0, 0.05) is 16.0 Å². The Morgan fingerprint density at radius 3 is 2.82 bits per heavy atom. The number of amides is 1. The van der Waals surface area contributed by atoms with Gasteiger partial charge in [0.05, 0.1) is 21.0 Å².